The molecule has 0 bridgehead atoms. The van der Waals surface area contributed by atoms with Gasteiger partial charge < -0.3 is 14.7 Å². The highest BCUT2D eigenvalue weighted by Crippen LogP contribution is 2.40. The molecule has 8 rings (SSSR count). The van der Waals surface area contributed by atoms with E-state index in [1.807, 2.05) is 0 Å². The first-order valence-electron chi connectivity index (χ1n) is 17.7. The predicted molar refractivity (Wildman–Crippen MR) is 221 cm³/mol. The molecule has 3 heteroatoms. The van der Waals surface area contributed by atoms with E-state index in [0.717, 1.165) is 51.2 Å². The molecule has 0 aliphatic heterocycles. The molecule has 0 aliphatic carbocycles. The molecular formula is C49H39N3. The Hall–Kier alpha value is -6.84. The average molecular weight is 670 g/mol. The lowest BCUT2D eigenvalue weighted by Gasteiger charge is -2.28. The zero-order chi connectivity index (χ0) is 35.1. The molecule has 0 fully saturated rings. The zero-order valence-electron chi connectivity index (χ0n) is 29.1. The molecule has 0 heterocycles. The molecule has 0 N–H and O–H groups in total. The highest BCUT2D eigenvalue weighted by molar-refractivity contribution is 5.83. The van der Waals surface area contributed by atoms with Crippen molar-refractivity contribution in [1.29, 1.82) is 0 Å². The molecule has 3 nitrogen and oxygen atoms in total. The summed E-state index contributed by atoms with van der Waals surface area (Å²) in [6, 6.07) is 77.4. The Morgan fingerprint density at radius 1 is 0.212 bits per heavy atom. The van der Waals surface area contributed by atoms with Gasteiger partial charge in [-0.2, -0.15) is 0 Å². The Labute approximate surface area is 306 Å². The zero-order valence-corrected chi connectivity index (χ0v) is 29.1. The predicted octanol–water partition coefficient (Wildman–Crippen LogP) is 14.1. The van der Waals surface area contributed by atoms with Crippen molar-refractivity contribution in [1.82, 2.24) is 0 Å². The number of para-hydroxylation sites is 4. The molecule has 52 heavy (non-hydrogen) atoms. The summed E-state index contributed by atoms with van der Waals surface area (Å²) in [6.07, 6.45) is 0. The van der Waals surface area contributed by atoms with Gasteiger partial charge in [0.05, 0.1) is 0 Å². The van der Waals surface area contributed by atoms with Gasteiger partial charge in [-0.15, -0.1) is 0 Å². The lowest BCUT2D eigenvalue weighted by Crippen LogP contribution is -2.12. The van der Waals surface area contributed by atoms with Crippen LogP contribution < -0.4 is 14.7 Å². The summed E-state index contributed by atoms with van der Waals surface area (Å²) in [5.74, 6) is 0. The van der Waals surface area contributed by atoms with Gasteiger partial charge >= 0.3 is 0 Å². The van der Waals surface area contributed by atoms with Crippen molar-refractivity contribution in [2.75, 3.05) is 14.7 Å². The van der Waals surface area contributed by atoms with Gasteiger partial charge in [0.1, 0.15) is 0 Å². The smallest absolute Gasteiger partial charge is 0.0463 e. The van der Waals surface area contributed by atoms with E-state index in [2.05, 4.69) is 240 Å². The van der Waals surface area contributed by atoms with E-state index in [1.54, 1.807) is 0 Å². The summed E-state index contributed by atoms with van der Waals surface area (Å²) in [5.41, 5.74) is 13.6. The molecule has 8 aromatic carbocycles. The van der Waals surface area contributed by atoms with E-state index in [1.165, 1.54) is 16.7 Å². The summed E-state index contributed by atoms with van der Waals surface area (Å²) in [7, 11) is 0. The molecule has 0 saturated heterocycles. The summed E-state index contributed by atoms with van der Waals surface area (Å²) in [4.78, 5) is 6.90. The standard InChI is InChI=1S/C49H39N3/c1-38-22-28-45(29-23-38)51(43-18-10-4-11-19-43)46-30-24-39(25-31-46)40-26-32-47(33-27-40)52(44-20-12-5-13-21-44)49-36-34-48(35-37-49)50(41-14-6-2-7-15-41)42-16-8-3-9-17-42/h2-37H,1H3. The van der Waals surface area contributed by atoms with E-state index in [0.29, 0.717) is 0 Å². The molecule has 250 valence electrons. The monoisotopic (exact) mass is 669 g/mol. The van der Waals surface area contributed by atoms with E-state index < -0.39 is 0 Å². The van der Waals surface area contributed by atoms with Crippen LogP contribution >= 0.6 is 0 Å². The first kappa shape index (κ1) is 32.4. The minimum atomic E-state index is 1.09. The van der Waals surface area contributed by atoms with Crippen LogP contribution in [0.25, 0.3) is 11.1 Å². The van der Waals surface area contributed by atoms with Crippen LogP contribution in [0.5, 0.6) is 0 Å². The Bertz CT molecular complexity index is 2270. The number of hydrogen-bond acceptors (Lipinski definition) is 3. The number of anilines is 9. The van der Waals surface area contributed by atoms with Gasteiger partial charge in [-0.25, -0.2) is 0 Å². The molecule has 0 atom stereocenters. The SMILES string of the molecule is Cc1ccc(N(c2ccccc2)c2ccc(-c3ccc(N(c4ccccc4)c4ccc(N(c5ccccc5)c5ccccc5)cc4)cc3)cc2)cc1. The molecule has 0 aromatic heterocycles. The molecular weight excluding hydrogens is 631 g/mol. The van der Waals surface area contributed by atoms with Crippen LogP contribution in [0.3, 0.4) is 0 Å². The fourth-order valence-corrected chi connectivity index (χ4v) is 6.70. The minimum Gasteiger partial charge on any atom is -0.311 e. The van der Waals surface area contributed by atoms with Crippen LogP contribution in [-0.4, -0.2) is 0 Å². The van der Waals surface area contributed by atoms with Gasteiger partial charge in [-0.1, -0.05) is 115 Å². The molecule has 8 aromatic rings. The normalized spacial score (nSPS) is 10.8. The Morgan fingerprint density at radius 3 is 0.654 bits per heavy atom. The van der Waals surface area contributed by atoms with Gasteiger partial charge in [0.2, 0.25) is 0 Å². The van der Waals surface area contributed by atoms with Crippen LogP contribution in [0.1, 0.15) is 5.56 Å². The van der Waals surface area contributed by atoms with Gasteiger partial charge in [0, 0.05) is 51.2 Å². The lowest BCUT2D eigenvalue weighted by molar-refractivity contribution is 1.26. The van der Waals surface area contributed by atoms with Crippen molar-refractivity contribution in [3.63, 3.8) is 0 Å². The maximum Gasteiger partial charge on any atom is 0.0463 e. The number of aryl methyl sites for hydroxylation is 1. The molecule has 0 radical (unpaired) electrons. The number of hydrogen-bond donors (Lipinski definition) is 0. The van der Waals surface area contributed by atoms with Crippen molar-refractivity contribution in [3.8, 4) is 11.1 Å². The first-order valence-corrected chi connectivity index (χ1v) is 17.7. The van der Waals surface area contributed by atoms with Gasteiger partial charge in [-0.05, 0) is 127 Å². The van der Waals surface area contributed by atoms with Crippen molar-refractivity contribution in [2.45, 2.75) is 6.92 Å². The Morgan fingerprint density at radius 2 is 0.404 bits per heavy atom. The van der Waals surface area contributed by atoms with Crippen molar-refractivity contribution in [2.24, 2.45) is 0 Å². The van der Waals surface area contributed by atoms with Gasteiger partial charge in [-0.3, -0.25) is 0 Å². The second-order valence-electron chi connectivity index (χ2n) is 12.8. The van der Waals surface area contributed by atoms with Gasteiger partial charge in [0.25, 0.3) is 0 Å². The molecule has 0 amide bonds. The third-order valence-corrected chi connectivity index (χ3v) is 9.30. The van der Waals surface area contributed by atoms with Crippen LogP contribution in [0.15, 0.2) is 218 Å². The maximum atomic E-state index is 2.31. The van der Waals surface area contributed by atoms with Crippen molar-refractivity contribution >= 4 is 51.2 Å². The van der Waals surface area contributed by atoms with Crippen LogP contribution in [0, 0.1) is 6.92 Å². The Balaban J connectivity index is 1.09. The molecule has 0 saturated carbocycles. The summed E-state index contributed by atoms with van der Waals surface area (Å²) in [6.45, 7) is 2.12. The second kappa shape index (κ2) is 15.0. The third kappa shape index (κ3) is 6.94. The quantitative estimate of drug-likeness (QED) is 0.143. The minimum absolute atomic E-state index is 1.09. The van der Waals surface area contributed by atoms with Crippen LogP contribution in [-0.2, 0) is 0 Å². The largest absolute Gasteiger partial charge is 0.311 e. The molecule has 0 unspecified atom stereocenters. The summed E-state index contributed by atoms with van der Waals surface area (Å²) >= 11 is 0. The van der Waals surface area contributed by atoms with E-state index in [9.17, 15) is 0 Å². The van der Waals surface area contributed by atoms with Crippen molar-refractivity contribution < 1.29 is 0 Å². The van der Waals surface area contributed by atoms with Crippen LogP contribution in [0.4, 0.5) is 51.2 Å². The van der Waals surface area contributed by atoms with Gasteiger partial charge in [0.15, 0.2) is 0 Å². The fourth-order valence-electron chi connectivity index (χ4n) is 6.70. The van der Waals surface area contributed by atoms with Crippen molar-refractivity contribution in [3.05, 3.63) is 224 Å². The van der Waals surface area contributed by atoms with E-state index in [4.69, 9.17) is 0 Å². The highest BCUT2D eigenvalue weighted by atomic mass is 15.2. The fraction of sp³-hybridized carbons (Fsp3) is 0.0204. The number of benzene rings is 8. The topological polar surface area (TPSA) is 9.72 Å². The number of rotatable bonds is 10. The summed E-state index contributed by atoms with van der Waals surface area (Å²) in [5, 5.41) is 0. The third-order valence-electron chi connectivity index (χ3n) is 9.30. The molecule has 0 spiro atoms. The van der Waals surface area contributed by atoms with E-state index >= 15 is 0 Å². The maximum absolute atomic E-state index is 2.31. The van der Waals surface area contributed by atoms with Crippen LogP contribution in [0.2, 0.25) is 0 Å². The van der Waals surface area contributed by atoms with E-state index in [-0.39, 0.29) is 0 Å². The summed E-state index contributed by atoms with van der Waals surface area (Å²) < 4.78 is 0. The second-order valence-corrected chi connectivity index (χ2v) is 12.8. The average Bonchev–Trinajstić information content (AvgIpc) is 3.22. The number of nitrogens with zero attached hydrogens (tertiary/aromatic N) is 3. The first-order chi connectivity index (χ1) is 25.7. The highest BCUT2D eigenvalue weighted by Gasteiger charge is 2.17. The lowest BCUT2D eigenvalue weighted by atomic mass is 10.0. The Kier molecular flexibility index (Phi) is 9.31. The molecule has 0 aliphatic rings.